The van der Waals surface area contributed by atoms with Crippen LogP contribution in [0.3, 0.4) is 0 Å². The van der Waals surface area contributed by atoms with Crippen LogP contribution >= 0.6 is 11.6 Å². The second-order valence-electron chi connectivity index (χ2n) is 5.55. The van der Waals surface area contributed by atoms with Crippen molar-refractivity contribution in [3.8, 4) is 5.75 Å². The number of methoxy groups -OCH3 is 1. The summed E-state index contributed by atoms with van der Waals surface area (Å²) in [6.07, 6.45) is 0. The number of carbonyl (C=O) groups is 2. The van der Waals surface area contributed by atoms with Crippen molar-refractivity contribution in [2.45, 2.75) is 6.92 Å². The van der Waals surface area contributed by atoms with Crippen LogP contribution in [0.1, 0.15) is 16.1 Å². The van der Waals surface area contributed by atoms with E-state index in [4.69, 9.17) is 25.5 Å². The van der Waals surface area contributed by atoms with E-state index in [1.165, 1.54) is 7.11 Å². The smallest absolute Gasteiger partial charge is 0.375 e. The van der Waals surface area contributed by atoms with Crippen molar-refractivity contribution in [3.05, 3.63) is 58.8 Å². The van der Waals surface area contributed by atoms with E-state index in [0.717, 1.165) is 5.39 Å². The van der Waals surface area contributed by atoms with Gasteiger partial charge in [-0.05, 0) is 37.3 Å². The van der Waals surface area contributed by atoms with Gasteiger partial charge in [-0.15, -0.1) is 0 Å². The standard InChI is InChI=1S/C19H16ClNO5/c1-11-15-8-12(20)6-7-16(15)26-18(11)19(23)25-10-17(22)21-13-4-3-5-14(9-13)24-2/h3-9H,10H2,1-2H3,(H,21,22). The summed E-state index contributed by atoms with van der Waals surface area (Å²) in [6, 6.07) is 11.9. The van der Waals surface area contributed by atoms with Crippen molar-refractivity contribution in [1.82, 2.24) is 0 Å². The van der Waals surface area contributed by atoms with Crippen molar-refractivity contribution in [3.63, 3.8) is 0 Å². The summed E-state index contributed by atoms with van der Waals surface area (Å²) in [5.74, 6) is -0.521. The third kappa shape index (κ3) is 3.81. The Kier molecular flexibility index (Phi) is 5.14. The summed E-state index contributed by atoms with van der Waals surface area (Å²) in [5.41, 5.74) is 1.68. The molecule has 0 saturated carbocycles. The highest BCUT2D eigenvalue weighted by molar-refractivity contribution is 6.31. The fraction of sp³-hybridized carbons (Fsp3) is 0.158. The van der Waals surface area contributed by atoms with Gasteiger partial charge in [-0.25, -0.2) is 4.79 Å². The zero-order valence-electron chi connectivity index (χ0n) is 14.2. The molecule has 2 aromatic carbocycles. The lowest BCUT2D eigenvalue weighted by Gasteiger charge is -2.07. The predicted octanol–water partition coefficient (Wildman–Crippen LogP) is 4.20. The van der Waals surface area contributed by atoms with Gasteiger partial charge in [0.2, 0.25) is 5.76 Å². The summed E-state index contributed by atoms with van der Waals surface area (Å²) >= 11 is 5.96. The van der Waals surface area contributed by atoms with Crippen molar-refractivity contribution in [1.29, 1.82) is 0 Å². The number of rotatable bonds is 5. The van der Waals surface area contributed by atoms with Gasteiger partial charge in [-0.3, -0.25) is 4.79 Å². The number of aryl methyl sites for hydroxylation is 1. The average Bonchev–Trinajstić information content (AvgIpc) is 2.96. The summed E-state index contributed by atoms with van der Waals surface area (Å²) in [7, 11) is 1.53. The molecule has 1 amide bonds. The quantitative estimate of drug-likeness (QED) is 0.678. The van der Waals surface area contributed by atoms with Crippen LogP contribution < -0.4 is 10.1 Å². The minimum absolute atomic E-state index is 0.0523. The van der Waals surface area contributed by atoms with Gasteiger partial charge < -0.3 is 19.2 Å². The molecule has 3 aromatic rings. The Balaban J connectivity index is 1.65. The number of nitrogens with one attached hydrogen (secondary N) is 1. The molecule has 3 rings (SSSR count). The monoisotopic (exact) mass is 373 g/mol. The highest BCUT2D eigenvalue weighted by atomic mass is 35.5. The third-order valence-electron chi connectivity index (χ3n) is 3.77. The van der Waals surface area contributed by atoms with Crippen LogP contribution in [0.5, 0.6) is 5.75 Å². The van der Waals surface area contributed by atoms with E-state index in [-0.39, 0.29) is 5.76 Å². The van der Waals surface area contributed by atoms with Gasteiger partial charge in [0.05, 0.1) is 7.11 Å². The highest BCUT2D eigenvalue weighted by Crippen LogP contribution is 2.28. The van der Waals surface area contributed by atoms with Crippen LogP contribution in [-0.2, 0) is 9.53 Å². The van der Waals surface area contributed by atoms with Gasteiger partial charge in [0, 0.05) is 27.7 Å². The SMILES string of the molecule is COc1cccc(NC(=O)COC(=O)c2oc3ccc(Cl)cc3c2C)c1. The Morgan fingerprint density at radius 2 is 2.00 bits per heavy atom. The fourth-order valence-electron chi connectivity index (χ4n) is 2.48. The van der Waals surface area contributed by atoms with Crippen LogP contribution in [0, 0.1) is 6.92 Å². The van der Waals surface area contributed by atoms with Crippen LogP contribution in [0.15, 0.2) is 46.9 Å². The van der Waals surface area contributed by atoms with Crippen molar-refractivity contribution < 1.29 is 23.5 Å². The van der Waals surface area contributed by atoms with Crippen molar-refractivity contribution in [2.24, 2.45) is 0 Å². The van der Waals surface area contributed by atoms with Gasteiger partial charge in [0.25, 0.3) is 5.91 Å². The van der Waals surface area contributed by atoms with Gasteiger partial charge in [-0.2, -0.15) is 0 Å². The molecule has 0 aliphatic heterocycles. The van der Waals surface area contributed by atoms with Gasteiger partial charge in [-0.1, -0.05) is 17.7 Å². The summed E-state index contributed by atoms with van der Waals surface area (Å²) in [6.45, 7) is 1.29. The third-order valence-corrected chi connectivity index (χ3v) is 4.01. The molecule has 0 fully saturated rings. The Morgan fingerprint density at radius 1 is 1.19 bits per heavy atom. The number of hydrogen-bond acceptors (Lipinski definition) is 5. The first-order valence-electron chi connectivity index (χ1n) is 7.77. The molecule has 0 unspecified atom stereocenters. The maximum absolute atomic E-state index is 12.2. The Bertz CT molecular complexity index is 979. The van der Waals surface area contributed by atoms with Gasteiger partial charge >= 0.3 is 5.97 Å². The zero-order chi connectivity index (χ0) is 18.7. The van der Waals surface area contributed by atoms with Gasteiger partial charge in [0.1, 0.15) is 11.3 Å². The molecule has 0 aliphatic rings. The number of benzene rings is 2. The molecular weight excluding hydrogens is 358 g/mol. The minimum Gasteiger partial charge on any atom is -0.497 e. The Labute approximate surface area is 154 Å². The minimum atomic E-state index is -0.712. The predicted molar refractivity (Wildman–Crippen MR) is 97.9 cm³/mol. The molecule has 1 heterocycles. The molecule has 0 bridgehead atoms. The number of carbonyl (C=O) groups excluding carboxylic acids is 2. The number of amides is 1. The second kappa shape index (κ2) is 7.49. The number of esters is 1. The number of anilines is 1. The second-order valence-corrected chi connectivity index (χ2v) is 5.99. The maximum atomic E-state index is 12.2. The lowest BCUT2D eigenvalue weighted by atomic mass is 10.1. The van der Waals surface area contributed by atoms with Crippen molar-refractivity contribution in [2.75, 3.05) is 19.0 Å². The highest BCUT2D eigenvalue weighted by Gasteiger charge is 2.20. The topological polar surface area (TPSA) is 77.8 Å². The molecule has 134 valence electrons. The molecule has 0 atom stereocenters. The van der Waals surface area contributed by atoms with Crippen LogP contribution in [0.4, 0.5) is 5.69 Å². The van der Waals surface area contributed by atoms with E-state index < -0.39 is 18.5 Å². The van der Waals surface area contributed by atoms with E-state index in [1.54, 1.807) is 49.4 Å². The van der Waals surface area contributed by atoms with E-state index in [1.807, 2.05) is 0 Å². The zero-order valence-corrected chi connectivity index (χ0v) is 14.9. The number of furan rings is 1. The molecule has 0 radical (unpaired) electrons. The lowest BCUT2D eigenvalue weighted by molar-refractivity contribution is -0.119. The summed E-state index contributed by atoms with van der Waals surface area (Å²) < 4.78 is 15.6. The number of halogens is 1. The summed E-state index contributed by atoms with van der Waals surface area (Å²) in [5, 5.41) is 3.90. The normalized spacial score (nSPS) is 10.6. The summed E-state index contributed by atoms with van der Waals surface area (Å²) in [4.78, 5) is 24.2. The first-order valence-corrected chi connectivity index (χ1v) is 8.15. The Morgan fingerprint density at radius 3 is 2.77 bits per heavy atom. The van der Waals surface area contributed by atoms with Crippen LogP contribution in [0.2, 0.25) is 5.02 Å². The number of ether oxygens (including phenoxy) is 2. The van der Waals surface area contributed by atoms with Crippen LogP contribution in [-0.4, -0.2) is 25.6 Å². The first-order chi connectivity index (χ1) is 12.5. The van der Waals surface area contributed by atoms with Crippen LogP contribution in [0.25, 0.3) is 11.0 Å². The van der Waals surface area contributed by atoms with E-state index in [0.29, 0.717) is 27.6 Å². The molecule has 26 heavy (non-hydrogen) atoms. The molecule has 0 spiro atoms. The van der Waals surface area contributed by atoms with E-state index in [2.05, 4.69) is 5.32 Å². The molecule has 1 aromatic heterocycles. The average molecular weight is 374 g/mol. The van der Waals surface area contributed by atoms with E-state index >= 15 is 0 Å². The van der Waals surface area contributed by atoms with E-state index in [9.17, 15) is 9.59 Å². The van der Waals surface area contributed by atoms with Crippen molar-refractivity contribution >= 4 is 40.1 Å². The lowest BCUT2D eigenvalue weighted by Crippen LogP contribution is -2.21. The van der Waals surface area contributed by atoms with Gasteiger partial charge in [0.15, 0.2) is 6.61 Å². The molecule has 1 N–H and O–H groups in total. The molecule has 6 nitrogen and oxygen atoms in total. The maximum Gasteiger partial charge on any atom is 0.375 e. The number of hydrogen-bond donors (Lipinski definition) is 1. The molecular formula is C19H16ClNO5. The Hall–Kier alpha value is -2.99. The largest absolute Gasteiger partial charge is 0.497 e. The molecule has 7 heteroatoms. The first kappa shape index (κ1) is 17.8. The molecule has 0 aliphatic carbocycles. The fourth-order valence-corrected chi connectivity index (χ4v) is 2.65. The number of fused-ring (bicyclic) bond motifs is 1. The molecule has 0 saturated heterocycles.